The zero-order chi connectivity index (χ0) is 10.4. The van der Waals surface area contributed by atoms with Crippen LogP contribution in [0.5, 0.6) is 0 Å². The van der Waals surface area contributed by atoms with Gasteiger partial charge in [0.15, 0.2) is 0 Å². The Kier molecular flexibility index (Phi) is 4.16. The van der Waals surface area contributed by atoms with Crippen molar-refractivity contribution in [2.45, 2.75) is 31.7 Å². The summed E-state index contributed by atoms with van der Waals surface area (Å²) in [5, 5.41) is 3.30. The van der Waals surface area contributed by atoms with Gasteiger partial charge in [0.25, 0.3) is 0 Å². The van der Waals surface area contributed by atoms with Crippen molar-refractivity contribution in [3.63, 3.8) is 0 Å². The van der Waals surface area contributed by atoms with Crippen LogP contribution >= 0.6 is 0 Å². The van der Waals surface area contributed by atoms with Crippen LogP contribution in [-0.4, -0.2) is 31.8 Å². The van der Waals surface area contributed by atoms with Gasteiger partial charge in [-0.1, -0.05) is 0 Å². The molecule has 82 valence electrons. The number of hydrazine groups is 1. The highest BCUT2D eigenvalue weighted by Gasteiger charge is 2.32. The second-order valence-electron chi connectivity index (χ2n) is 3.91. The molecule has 0 radical (unpaired) electrons. The molecule has 0 bridgehead atoms. The number of methoxy groups -OCH3 is 1. The summed E-state index contributed by atoms with van der Waals surface area (Å²) in [6.45, 7) is 3.42. The number of nitrogens with one attached hydrogen (secondary N) is 2. The summed E-state index contributed by atoms with van der Waals surface area (Å²) in [4.78, 5) is 4.24. The molecule has 1 aliphatic rings. The zero-order valence-corrected chi connectivity index (χ0v) is 8.97. The average molecular weight is 200 g/mol. The van der Waals surface area contributed by atoms with Crippen LogP contribution in [0.2, 0.25) is 0 Å². The van der Waals surface area contributed by atoms with Crippen LogP contribution in [0, 0.1) is 0 Å². The number of hydrogen-bond acceptors (Lipinski definition) is 3. The van der Waals surface area contributed by atoms with Crippen LogP contribution in [0.1, 0.15) is 26.2 Å². The highest BCUT2D eigenvalue weighted by molar-refractivity contribution is 5.80. The lowest BCUT2D eigenvalue weighted by molar-refractivity contribution is 0.207. The van der Waals surface area contributed by atoms with Gasteiger partial charge < -0.3 is 10.1 Å². The lowest BCUT2D eigenvalue weighted by Crippen LogP contribution is -2.56. The Morgan fingerprint density at radius 2 is 2.29 bits per heavy atom. The minimum atomic E-state index is 0.179. The highest BCUT2D eigenvalue weighted by atomic mass is 16.5. The van der Waals surface area contributed by atoms with Gasteiger partial charge in [-0.05, 0) is 26.2 Å². The summed E-state index contributed by atoms with van der Waals surface area (Å²) in [7, 11) is 1.66. The van der Waals surface area contributed by atoms with Crippen molar-refractivity contribution in [1.29, 1.82) is 0 Å². The van der Waals surface area contributed by atoms with E-state index < -0.39 is 0 Å². The average Bonchev–Trinajstić information content (AvgIpc) is 2.14. The molecule has 1 fully saturated rings. The van der Waals surface area contributed by atoms with Crippen LogP contribution in [0.15, 0.2) is 4.99 Å². The third kappa shape index (κ3) is 3.16. The molecule has 0 heterocycles. The summed E-state index contributed by atoms with van der Waals surface area (Å²) in [6, 6.07) is 0. The Morgan fingerprint density at radius 3 is 2.71 bits per heavy atom. The second kappa shape index (κ2) is 5.17. The standard InChI is InChI=1S/C9H20N4O/c1-9(4-3-5-9)12-8(13-10)11-6-7-14-2/h3-7,10H2,1-2H3,(H2,11,12,13). The van der Waals surface area contributed by atoms with E-state index in [1.807, 2.05) is 0 Å². The zero-order valence-electron chi connectivity index (χ0n) is 8.97. The molecule has 0 aliphatic heterocycles. The molecule has 4 N–H and O–H groups in total. The molecule has 0 unspecified atom stereocenters. The number of aliphatic imine (C=N–C) groups is 1. The van der Waals surface area contributed by atoms with Crippen LogP contribution in [0.4, 0.5) is 0 Å². The minimum absolute atomic E-state index is 0.179. The molecule has 1 aliphatic carbocycles. The lowest BCUT2D eigenvalue weighted by Gasteiger charge is -2.39. The Balaban J connectivity index is 2.33. The predicted octanol–water partition coefficient (Wildman–Crippen LogP) is -0.0157. The van der Waals surface area contributed by atoms with Gasteiger partial charge in [-0.25, -0.2) is 10.8 Å². The van der Waals surface area contributed by atoms with Gasteiger partial charge >= 0.3 is 0 Å². The molecule has 1 rings (SSSR count). The van der Waals surface area contributed by atoms with Crippen molar-refractivity contribution < 1.29 is 4.74 Å². The molecule has 1 saturated carbocycles. The second-order valence-corrected chi connectivity index (χ2v) is 3.91. The fourth-order valence-corrected chi connectivity index (χ4v) is 1.49. The first-order valence-electron chi connectivity index (χ1n) is 4.98. The number of rotatable bonds is 4. The maximum Gasteiger partial charge on any atom is 0.206 e. The van der Waals surface area contributed by atoms with E-state index in [2.05, 4.69) is 22.7 Å². The summed E-state index contributed by atoms with van der Waals surface area (Å²) in [6.07, 6.45) is 3.63. The number of nitrogens with two attached hydrogens (primary N) is 1. The van der Waals surface area contributed by atoms with Crippen molar-refractivity contribution >= 4 is 5.96 Å². The Bertz CT molecular complexity index is 201. The monoisotopic (exact) mass is 200 g/mol. The van der Waals surface area contributed by atoms with Crippen molar-refractivity contribution in [3.05, 3.63) is 0 Å². The van der Waals surface area contributed by atoms with Crippen molar-refractivity contribution in [2.75, 3.05) is 20.3 Å². The molecule has 0 aromatic rings. The van der Waals surface area contributed by atoms with Gasteiger partial charge in [0.05, 0.1) is 13.2 Å². The highest BCUT2D eigenvalue weighted by Crippen LogP contribution is 2.30. The Hall–Kier alpha value is -0.810. The summed E-state index contributed by atoms with van der Waals surface area (Å²) >= 11 is 0. The summed E-state index contributed by atoms with van der Waals surface area (Å²) in [5.41, 5.74) is 2.75. The summed E-state index contributed by atoms with van der Waals surface area (Å²) < 4.78 is 4.90. The molecular formula is C9H20N4O. The van der Waals surface area contributed by atoms with E-state index in [4.69, 9.17) is 10.6 Å². The quantitative estimate of drug-likeness (QED) is 0.196. The molecule has 5 nitrogen and oxygen atoms in total. The van der Waals surface area contributed by atoms with E-state index in [-0.39, 0.29) is 5.54 Å². The van der Waals surface area contributed by atoms with E-state index in [1.54, 1.807) is 7.11 Å². The third-order valence-electron chi connectivity index (χ3n) is 2.58. The van der Waals surface area contributed by atoms with Gasteiger partial charge in [0, 0.05) is 12.6 Å². The van der Waals surface area contributed by atoms with Crippen molar-refractivity contribution in [2.24, 2.45) is 10.8 Å². The maximum atomic E-state index is 5.36. The van der Waals surface area contributed by atoms with E-state index in [0.29, 0.717) is 19.1 Å². The minimum Gasteiger partial charge on any atom is -0.383 e. The van der Waals surface area contributed by atoms with Crippen molar-refractivity contribution in [3.8, 4) is 0 Å². The molecule has 0 amide bonds. The van der Waals surface area contributed by atoms with Crippen LogP contribution in [0.25, 0.3) is 0 Å². The smallest absolute Gasteiger partial charge is 0.206 e. The fraction of sp³-hybridized carbons (Fsp3) is 0.889. The van der Waals surface area contributed by atoms with E-state index in [1.165, 1.54) is 19.3 Å². The number of ether oxygens (including phenoxy) is 1. The van der Waals surface area contributed by atoms with Gasteiger partial charge in [-0.2, -0.15) is 0 Å². The van der Waals surface area contributed by atoms with Gasteiger partial charge in [0.2, 0.25) is 5.96 Å². The number of hydrogen-bond donors (Lipinski definition) is 3. The van der Waals surface area contributed by atoms with E-state index in [0.717, 1.165) is 0 Å². The SMILES string of the molecule is COCCN=C(NN)NC1(C)CCC1. The predicted molar refractivity (Wildman–Crippen MR) is 56.9 cm³/mol. The third-order valence-corrected chi connectivity index (χ3v) is 2.58. The largest absolute Gasteiger partial charge is 0.383 e. The fourth-order valence-electron chi connectivity index (χ4n) is 1.49. The Labute approximate surface area is 85.1 Å². The molecule has 5 heteroatoms. The van der Waals surface area contributed by atoms with Gasteiger partial charge in [-0.3, -0.25) is 5.43 Å². The van der Waals surface area contributed by atoms with E-state index >= 15 is 0 Å². The molecule has 0 saturated heterocycles. The molecular weight excluding hydrogens is 180 g/mol. The molecule has 0 atom stereocenters. The number of guanidine groups is 1. The van der Waals surface area contributed by atoms with Crippen LogP contribution in [0.3, 0.4) is 0 Å². The molecule has 0 aromatic carbocycles. The lowest BCUT2D eigenvalue weighted by atomic mass is 9.79. The van der Waals surface area contributed by atoms with Crippen LogP contribution < -0.4 is 16.6 Å². The van der Waals surface area contributed by atoms with Gasteiger partial charge in [-0.15, -0.1) is 0 Å². The van der Waals surface area contributed by atoms with Crippen LogP contribution in [-0.2, 0) is 4.74 Å². The maximum absolute atomic E-state index is 5.36. The Morgan fingerprint density at radius 1 is 1.57 bits per heavy atom. The van der Waals surface area contributed by atoms with Crippen molar-refractivity contribution in [1.82, 2.24) is 10.7 Å². The molecule has 14 heavy (non-hydrogen) atoms. The van der Waals surface area contributed by atoms with E-state index in [9.17, 15) is 0 Å². The first-order valence-corrected chi connectivity index (χ1v) is 4.98. The normalized spacial score (nSPS) is 20.1. The topological polar surface area (TPSA) is 71.7 Å². The molecule has 0 spiro atoms. The first kappa shape index (κ1) is 11.3. The molecule has 0 aromatic heterocycles. The first-order chi connectivity index (χ1) is 6.70. The van der Waals surface area contributed by atoms with Gasteiger partial charge in [0.1, 0.15) is 0 Å². The summed E-state index contributed by atoms with van der Waals surface area (Å²) in [5.74, 6) is 6.01. The number of nitrogens with zero attached hydrogens (tertiary/aromatic N) is 1.